The van der Waals surface area contributed by atoms with Crippen LogP contribution in [0.4, 0.5) is 0 Å². The molecule has 0 heterocycles. The number of hydrogen-bond donors (Lipinski definition) is 0. The molecule has 0 N–H and O–H groups in total. The minimum Gasteiger partial charge on any atom is 0 e. The predicted octanol–water partition coefficient (Wildman–Crippen LogP) is -0.772. The van der Waals surface area contributed by atoms with E-state index in [1.54, 1.807) is 16.7 Å². The van der Waals surface area contributed by atoms with E-state index < -0.39 is 17.7 Å². The van der Waals surface area contributed by atoms with Gasteiger partial charge in [0.1, 0.15) is 0 Å². The van der Waals surface area contributed by atoms with Crippen molar-refractivity contribution in [3.05, 3.63) is 0 Å². The molecule has 0 saturated heterocycles. The van der Waals surface area contributed by atoms with Crippen molar-refractivity contribution >= 4 is 17.7 Å². The average Bonchev–Trinajstić information content (AvgIpc) is 0.918. The normalized spacial score (nSPS) is 2.75. The second kappa shape index (κ2) is 8.87. The first-order valence-corrected chi connectivity index (χ1v) is 9.57. The Kier molecular flexibility index (Phi) is 20.7. The zero-order valence-corrected chi connectivity index (χ0v) is 8.43. The van der Waals surface area contributed by atoms with Crippen LogP contribution in [-0.2, 0) is 39.3 Å². The summed E-state index contributed by atoms with van der Waals surface area (Å²) >= 11 is 0.619. The van der Waals surface area contributed by atoms with Crippen molar-refractivity contribution in [1.29, 1.82) is 0 Å². The van der Waals surface area contributed by atoms with Crippen LogP contribution in [0, 0.1) is 0 Å². The van der Waals surface area contributed by atoms with Crippen LogP contribution in [0.1, 0.15) is 0 Å². The fourth-order valence-electron chi connectivity index (χ4n) is 0. The molecule has 0 aliphatic heterocycles. The summed E-state index contributed by atoms with van der Waals surface area (Å²) in [4.78, 5) is 0. The molecule has 0 bridgehead atoms. The molecule has 23 valence electrons. The fraction of sp³-hybridized carbons (Fsp3) is 0. The van der Waals surface area contributed by atoms with E-state index in [2.05, 4.69) is 0 Å². The summed E-state index contributed by atoms with van der Waals surface area (Å²) in [5.41, 5.74) is 0. The molecule has 0 aromatic heterocycles. The van der Waals surface area contributed by atoms with E-state index in [9.17, 15) is 0 Å². The van der Waals surface area contributed by atoms with E-state index in [4.69, 9.17) is 3.08 Å². The Bertz CT molecular complexity index is 15.5. The third kappa shape index (κ3) is 9.05. The quantitative estimate of drug-likeness (QED) is 0.534. The van der Waals surface area contributed by atoms with Crippen molar-refractivity contribution in [1.82, 2.24) is 0 Å². The predicted molar refractivity (Wildman–Crippen MR) is 7.84 cm³/mol. The Labute approximate surface area is 56.2 Å². The van der Waals surface area contributed by atoms with Crippen molar-refractivity contribution in [3.8, 4) is 0 Å². The maximum absolute atomic E-state index is 9.12. The Morgan fingerprint density at radius 3 is 1.75 bits per heavy atom. The standard InChI is InChI=1S/O.Ru.Sn.Ti.H. The van der Waals surface area contributed by atoms with E-state index >= 15 is 0 Å². The minimum absolute atomic E-state index is 0. The van der Waals surface area contributed by atoms with Crippen LogP contribution in [0.15, 0.2) is 0 Å². The van der Waals surface area contributed by atoms with Crippen molar-refractivity contribution in [3.63, 3.8) is 0 Å². The smallest absolute Gasteiger partial charge is 0 e. The molecule has 0 atom stereocenters. The Morgan fingerprint density at radius 1 is 1.75 bits per heavy atom. The summed E-state index contributed by atoms with van der Waals surface area (Å²) in [5.74, 6) is 0. The average molecular weight is 285 g/mol. The largest absolute Gasteiger partial charge is 0 e. The second-order valence-electron chi connectivity index (χ2n) is 0.118. The first-order chi connectivity index (χ1) is 1.41. The Hall–Kier alpha value is 1.94. The molecular weight excluding hydrogens is 284 g/mol. The minimum atomic E-state index is -1.14. The molecule has 0 amide bonds. The SMILES string of the molecule is [O]=[SnH][Ti].[Ru]. The second-order valence-corrected chi connectivity index (χ2v) is 3.26. The number of hydrogen-bond acceptors (Lipinski definition) is 1. The van der Waals surface area contributed by atoms with Gasteiger partial charge in [0.15, 0.2) is 0 Å². The van der Waals surface area contributed by atoms with Crippen LogP contribution in [0.3, 0.4) is 0 Å². The molecule has 0 aliphatic rings. The Balaban J connectivity index is 0. The van der Waals surface area contributed by atoms with Gasteiger partial charge in [-0.3, -0.25) is 0 Å². The van der Waals surface area contributed by atoms with Gasteiger partial charge in [-0.05, 0) is 0 Å². The third-order valence-electron chi connectivity index (χ3n) is 0. The molecule has 0 spiro atoms. The maximum atomic E-state index is 9.12. The molecule has 0 saturated carbocycles. The first kappa shape index (κ1) is 9.34. The van der Waals surface area contributed by atoms with Crippen molar-refractivity contribution in [2.45, 2.75) is 0 Å². The van der Waals surface area contributed by atoms with Gasteiger partial charge in [-0.2, -0.15) is 0 Å². The van der Waals surface area contributed by atoms with Gasteiger partial charge in [0, 0.05) is 19.5 Å². The zero-order chi connectivity index (χ0) is 2.71. The van der Waals surface area contributed by atoms with E-state index in [-0.39, 0.29) is 19.5 Å². The van der Waals surface area contributed by atoms with E-state index in [0.29, 0.717) is 0 Å². The number of rotatable bonds is 0. The first-order valence-electron chi connectivity index (χ1n) is 0.524. The molecule has 4 heavy (non-hydrogen) atoms. The van der Waals surface area contributed by atoms with Crippen LogP contribution in [-0.4, -0.2) is 17.7 Å². The summed E-state index contributed by atoms with van der Waals surface area (Å²) in [6.07, 6.45) is 0. The molecule has 0 aromatic rings. The fourth-order valence-corrected chi connectivity index (χ4v) is 0. The van der Waals surface area contributed by atoms with Gasteiger partial charge >= 0.3 is 37.5 Å². The van der Waals surface area contributed by atoms with E-state index in [1.165, 1.54) is 0 Å². The molecular formula is HORuSnTi. The summed E-state index contributed by atoms with van der Waals surface area (Å²) in [6, 6.07) is 0. The zero-order valence-electron chi connectivity index (χ0n) is 1.84. The van der Waals surface area contributed by atoms with Gasteiger partial charge in [0.05, 0.1) is 0 Å². The van der Waals surface area contributed by atoms with Crippen molar-refractivity contribution in [2.75, 3.05) is 0 Å². The molecule has 1 nitrogen and oxygen atoms in total. The Morgan fingerprint density at radius 2 is 1.75 bits per heavy atom. The molecule has 0 aromatic carbocycles. The third-order valence-corrected chi connectivity index (χ3v) is 0. The van der Waals surface area contributed by atoms with Crippen LogP contribution in [0.25, 0.3) is 0 Å². The van der Waals surface area contributed by atoms with Gasteiger partial charge in [0.2, 0.25) is 0 Å². The van der Waals surface area contributed by atoms with Gasteiger partial charge in [-0.25, -0.2) is 0 Å². The van der Waals surface area contributed by atoms with Crippen LogP contribution in [0.2, 0.25) is 0 Å². The molecule has 0 rings (SSSR count). The molecule has 0 unspecified atom stereocenters. The van der Waals surface area contributed by atoms with Crippen LogP contribution >= 0.6 is 0 Å². The monoisotopic (exact) mass is 287 g/mol. The topological polar surface area (TPSA) is 17.1 Å². The summed E-state index contributed by atoms with van der Waals surface area (Å²) in [7, 11) is 0. The van der Waals surface area contributed by atoms with E-state index in [1.807, 2.05) is 0 Å². The molecule has 0 radical (unpaired) electrons. The van der Waals surface area contributed by atoms with Gasteiger partial charge in [-0.15, -0.1) is 0 Å². The molecule has 0 fully saturated rings. The van der Waals surface area contributed by atoms with Crippen molar-refractivity contribution in [2.24, 2.45) is 0 Å². The van der Waals surface area contributed by atoms with Crippen LogP contribution < -0.4 is 0 Å². The molecule has 0 aliphatic carbocycles. The maximum Gasteiger partial charge on any atom is 0 e. The van der Waals surface area contributed by atoms with E-state index in [0.717, 1.165) is 0 Å². The summed E-state index contributed by atoms with van der Waals surface area (Å²) in [5, 5.41) is 0. The van der Waals surface area contributed by atoms with Gasteiger partial charge in [0.25, 0.3) is 0 Å². The van der Waals surface area contributed by atoms with Crippen LogP contribution in [0.5, 0.6) is 0 Å². The summed E-state index contributed by atoms with van der Waals surface area (Å²) in [6.45, 7) is 0. The van der Waals surface area contributed by atoms with Gasteiger partial charge < -0.3 is 0 Å². The van der Waals surface area contributed by atoms with Crippen molar-refractivity contribution < 1.29 is 39.3 Å². The van der Waals surface area contributed by atoms with Gasteiger partial charge in [-0.1, -0.05) is 0 Å². The molecule has 4 heteroatoms. The summed E-state index contributed by atoms with van der Waals surface area (Å²) < 4.78 is 9.12.